The van der Waals surface area contributed by atoms with E-state index in [1.807, 2.05) is 24.3 Å². The maximum absolute atomic E-state index is 12.1. The van der Waals surface area contributed by atoms with Gasteiger partial charge in [0.25, 0.3) is 0 Å². The van der Waals surface area contributed by atoms with Crippen LogP contribution in [0.2, 0.25) is 0 Å². The molecular weight excluding hydrogens is 304 g/mol. The molecule has 2 aromatic rings. The van der Waals surface area contributed by atoms with Crippen molar-refractivity contribution >= 4 is 21.9 Å². The molecule has 19 heavy (non-hydrogen) atoms. The molecule has 1 aliphatic carbocycles. The van der Waals surface area contributed by atoms with Crippen molar-refractivity contribution in [3.05, 3.63) is 59.2 Å². The molecule has 0 saturated carbocycles. The van der Waals surface area contributed by atoms with E-state index in [0.717, 1.165) is 17.5 Å². The average molecular weight is 317 g/mol. The van der Waals surface area contributed by atoms with Crippen molar-refractivity contribution in [1.29, 1.82) is 0 Å². The Morgan fingerprint density at radius 2 is 1.89 bits per heavy atom. The number of halogens is 1. The van der Waals surface area contributed by atoms with Gasteiger partial charge in [-0.05, 0) is 57.6 Å². The number of carbonyl (C=O) groups excluding carboxylic acids is 1. The number of esters is 1. The lowest BCUT2D eigenvalue weighted by molar-refractivity contribution is 0.0489. The van der Waals surface area contributed by atoms with Gasteiger partial charge < -0.3 is 4.74 Å². The van der Waals surface area contributed by atoms with Gasteiger partial charge in [0.2, 0.25) is 0 Å². The maximum Gasteiger partial charge on any atom is 0.339 e. The summed E-state index contributed by atoms with van der Waals surface area (Å²) in [4.78, 5) is 12.1. The molecule has 0 radical (unpaired) electrons. The van der Waals surface area contributed by atoms with E-state index in [9.17, 15) is 4.79 Å². The molecule has 1 aliphatic rings. The lowest BCUT2D eigenvalue weighted by Gasteiger charge is -2.10. The zero-order chi connectivity index (χ0) is 13.4. The smallest absolute Gasteiger partial charge is 0.339 e. The van der Waals surface area contributed by atoms with Crippen molar-refractivity contribution in [3.63, 3.8) is 0 Å². The van der Waals surface area contributed by atoms with Crippen LogP contribution in [0.15, 0.2) is 42.5 Å². The third-order valence-corrected chi connectivity index (χ3v) is 3.53. The van der Waals surface area contributed by atoms with Crippen molar-refractivity contribution in [2.45, 2.75) is 18.4 Å². The average Bonchev–Trinajstić information content (AvgIpc) is 2.76. The van der Waals surface area contributed by atoms with Crippen molar-refractivity contribution < 1.29 is 9.53 Å². The normalized spacial score (nSPS) is 13.6. The lowest BCUT2D eigenvalue weighted by Crippen LogP contribution is -2.11. The van der Waals surface area contributed by atoms with E-state index in [1.165, 1.54) is 11.1 Å². The van der Waals surface area contributed by atoms with Crippen molar-refractivity contribution in [1.82, 2.24) is 0 Å². The standard InChI is InChI=1S/C16H13BrO2/c1-10(17)19-16(18)14-8-4-7-13-12-6-3-2-5-11(12)9-15(13)14/h2-8,10H,9H2,1H3. The fourth-order valence-corrected chi connectivity index (χ4v) is 2.73. The number of fused-ring (bicyclic) bond motifs is 3. The first-order valence-electron chi connectivity index (χ1n) is 6.22. The molecule has 0 N–H and O–H groups in total. The molecule has 0 spiro atoms. The molecule has 96 valence electrons. The molecule has 1 unspecified atom stereocenters. The van der Waals surface area contributed by atoms with Gasteiger partial charge in [0.15, 0.2) is 5.01 Å². The van der Waals surface area contributed by atoms with Crippen molar-refractivity contribution in [2.24, 2.45) is 0 Å². The van der Waals surface area contributed by atoms with Gasteiger partial charge in [0.1, 0.15) is 0 Å². The summed E-state index contributed by atoms with van der Waals surface area (Å²) in [6.07, 6.45) is 0.799. The van der Waals surface area contributed by atoms with Gasteiger partial charge in [0, 0.05) is 0 Å². The molecule has 0 amide bonds. The summed E-state index contributed by atoms with van der Waals surface area (Å²) in [7, 11) is 0. The molecule has 0 heterocycles. The highest BCUT2D eigenvalue weighted by Gasteiger charge is 2.24. The first kappa shape index (κ1) is 12.4. The van der Waals surface area contributed by atoms with Gasteiger partial charge in [-0.25, -0.2) is 4.79 Å². The molecule has 0 fully saturated rings. The molecule has 0 aliphatic heterocycles. The second-order valence-corrected chi connectivity index (χ2v) is 5.90. The summed E-state index contributed by atoms with van der Waals surface area (Å²) in [6, 6.07) is 14.1. The highest BCUT2D eigenvalue weighted by molar-refractivity contribution is 9.09. The number of carbonyl (C=O) groups is 1. The van der Waals surface area contributed by atoms with Crippen LogP contribution < -0.4 is 0 Å². The molecule has 3 rings (SSSR count). The Balaban J connectivity index is 2.06. The van der Waals surface area contributed by atoms with E-state index < -0.39 is 0 Å². The zero-order valence-electron chi connectivity index (χ0n) is 10.5. The predicted molar refractivity (Wildman–Crippen MR) is 78.5 cm³/mol. The van der Waals surface area contributed by atoms with Gasteiger partial charge in [-0.3, -0.25) is 0 Å². The first-order valence-corrected chi connectivity index (χ1v) is 7.13. The number of alkyl halides is 1. The van der Waals surface area contributed by atoms with Gasteiger partial charge in [0.05, 0.1) is 5.56 Å². The second kappa shape index (κ2) is 4.82. The second-order valence-electron chi connectivity index (χ2n) is 4.61. The van der Waals surface area contributed by atoms with Crippen LogP contribution in [0.3, 0.4) is 0 Å². The quantitative estimate of drug-likeness (QED) is 0.524. The number of ether oxygens (including phenoxy) is 1. The van der Waals surface area contributed by atoms with Crippen LogP contribution in [0, 0.1) is 0 Å². The summed E-state index contributed by atoms with van der Waals surface area (Å²) < 4.78 is 5.24. The van der Waals surface area contributed by atoms with Crippen LogP contribution in [-0.4, -0.2) is 11.0 Å². The number of rotatable bonds is 2. The van der Waals surface area contributed by atoms with E-state index in [-0.39, 0.29) is 11.0 Å². The summed E-state index contributed by atoms with van der Waals surface area (Å²) in [5.41, 5.74) is 5.37. The molecule has 3 heteroatoms. The minimum atomic E-state index is -0.278. The summed E-state index contributed by atoms with van der Waals surface area (Å²) in [5.74, 6) is -0.269. The van der Waals surface area contributed by atoms with Crippen LogP contribution in [0.4, 0.5) is 0 Å². The molecule has 0 saturated heterocycles. The Morgan fingerprint density at radius 1 is 1.16 bits per heavy atom. The van der Waals surface area contributed by atoms with E-state index in [0.29, 0.717) is 5.56 Å². The maximum atomic E-state index is 12.1. The first-order chi connectivity index (χ1) is 9.16. The molecule has 0 aromatic heterocycles. The minimum Gasteiger partial charge on any atom is -0.447 e. The van der Waals surface area contributed by atoms with Gasteiger partial charge >= 0.3 is 5.97 Å². The Bertz CT molecular complexity index is 647. The highest BCUT2D eigenvalue weighted by atomic mass is 79.9. The molecule has 2 aromatic carbocycles. The third kappa shape index (κ3) is 2.19. The van der Waals surface area contributed by atoms with Crippen LogP contribution in [-0.2, 0) is 11.2 Å². The van der Waals surface area contributed by atoms with Crippen molar-refractivity contribution in [3.8, 4) is 11.1 Å². The fourth-order valence-electron chi connectivity index (χ4n) is 2.56. The number of benzene rings is 2. The lowest BCUT2D eigenvalue weighted by atomic mass is 10.0. The molecule has 2 nitrogen and oxygen atoms in total. The van der Waals surface area contributed by atoms with Gasteiger partial charge in [-0.1, -0.05) is 36.4 Å². The summed E-state index contributed by atoms with van der Waals surface area (Å²) in [6.45, 7) is 1.79. The molecule has 0 bridgehead atoms. The highest BCUT2D eigenvalue weighted by Crippen LogP contribution is 2.38. The Hall–Kier alpha value is -1.61. The van der Waals surface area contributed by atoms with Gasteiger partial charge in [-0.15, -0.1) is 0 Å². The van der Waals surface area contributed by atoms with Crippen LogP contribution >= 0.6 is 15.9 Å². The van der Waals surface area contributed by atoms with E-state index in [2.05, 4.69) is 34.1 Å². The Morgan fingerprint density at radius 3 is 2.68 bits per heavy atom. The zero-order valence-corrected chi connectivity index (χ0v) is 12.1. The van der Waals surface area contributed by atoms with E-state index >= 15 is 0 Å². The monoisotopic (exact) mass is 316 g/mol. The topological polar surface area (TPSA) is 26.3 Å². The van der Waals surface area contributed by atoms with Crippen molar-refractivity contribution in [2.75, 3.05) is 0 Å². The largest absolute Gasteiger partial charge is 0.447 e. The van der Waals surface area contributed by atoms with E-state index in [4.69, 9.17) is 4.74 Å². The summed E-state index contributed by atoms with van der Waals surface area (Å²) >= 11 is 3.24. The molecular formula is C16H13BrO2. The van der Waals surface area contributed by atoms with E-state index in [1.54, 1.807) is 6.92 Å². The molecule has 1 atom stereocenters. The van der Waals surface area contributed by atoms with Gasteiger partial charge in [-0.2, -0.15) is 0 Å². The Kier molecular flexibility index (Phi) is 3.15. The Labute approximate surface area is 120 Å². The van der Waals surface area contributed by atoms with Crippen LogP contribution in [0.5, 0.6) is 0 Å². The fraction of sp³-hybridized carbons (Fsp3) is 0.188. The SMILES string of the molecule is CC(Br)OC(=O)c1cccc2c1Cc1ccccc1-2. The number of hydrogen-bond donors (Lipinski definition) is 0. The summed E-state index contributed by atoms with van der Waals surface area (Å²) in [5, 5.41) is -0.278. The van der Waals surface area contributed by atoms with Crippen LogP contribution in [0.1, 0.15) is 28.4 Å². The predicted octanol–water partition coefficient (Wildman–Crippen LogP) is 4.16. The third-order valence-electron chi connectivity index (χ3n) is 3.34. The minimum absolute atomic E-state index is 0.269. The van der Waals surface area contributed by atoms with Crippen LogP contribution in [0.25, 0.3) is 11.1 Å². The number of hydrogen-bond acceptors (Lipinski definition) is 2.